The molecule has 6 heteroatoms. The van der Waals surface area contributed by atoms with E-state index in [-0.39, 0.29) is 5.91 Å². The van der Waals surface area contributed by atoms with Crippen molar-refractivity contribution in [3.8, 4) is 11.3 Å². The molecule has 28 heavy (non-hydrogen) atoms. The van der Waals surface area contributed by atoms with Gasteiger partial charge in [0.25, 0.3) is 0 Å². The molecule has 5 nitrogen and oxygen atoms in total. The molecule has 0 bridgehead atoms. The van der Waals surface area contributed by atoms with E-state index in [1.807, 2.05) is 13.0 Å². The molecule has 1 heterocycles. The van der Waals surface area contributed by atoms with Gasteiger partial charge in [0.05, 0.1) is 11.6 Å². The van der Waals surface area contributed by atoms with Gasteiger partial charge in [-0.1, -0.05) is 50.3 Å². The van der Waals surface area contributed by atoms with E-state index in [1.54, 1.807) is 6.08 Å². The summed E-state index contributed by atoms with van der Waals surface area (Å²) in [5, 5.41) is 14.6. The second-order valence-electron chi connectivity index (χ2n) is 7.68. The van der Waals surface area contributed by atoms with Gasteiger partial charge in [-0.05, 0) is 37.7 Å². The van der Waals surface area contributed by atoms with Crippen molar-refractivity contribution in [2.45, 2.75) is 40.0 Å². The third-order valence-corrected chi connectivity index (χ3v) is 5.86. The minimum Gasteiger partial charge on any atom is -0.550 e. The zero-order chi connectivity index (χ0) is 20.3. The molecule has 1 aromatic heterocycles. The summed E-state index contributed by atoms with van der Waals surface area (Å²) in [6.45, 7) is 6.36. The van der Waals surface area contributed by atoms with Gasteiger partial charge in [0.2, 0.25) is 5.91 Å². The number of aromatic nitrogens is 1. The minimum atomic E-state index is -1.18. The van der Waals surface area contributed by atoms with Crippen molar-refractivity contribution in [3.05, 3.63) is 46.9 Å². The Kier molecular flexibility index (Phi) is 6.29. The number of carboxylic acids is 1. The molecule has 1 aromatic carbocycles. The van der Waals surface area contributed by atoms with Crippen LogP contribution < -0.4 is 10.4 Å². The van der Waals surface area contributed by atoms with E-state index < -0.39 is 17.8 Å². The van der Waals surface area contributed by atoms with Crippen LogP contribution in [0.15, 0.2) is 36.4 Å². The molecule has 1 aliphatic rings. The fourth-order valence-corrected chi connectivity index (χ4v) is 4.39. The van der Waals surface area contributed by atoms with Crippen molar-refractivity contribution in [2.24, 2.45) is 17.8 Å². The lowest BCUT2D eigenvalue weighted by Gasteiger charge is -2.27. The first-order chi connectivity index (χ1) is 13.3. The SMILES string of the molecule is Cc1sc(NC(=O)[C@H]2CC=CC[C@@H]2C(=O)[O-])nc1-c1ccc(CC(C)C)cc1. The highest BCUT2D eigenvalue weighted by molar-refractivity contribution is 7.16. The van der Waals surface area contributed by atoms with Crippen LogP contribution in [0.3, 0.4) is 0 Å². The zero-order valence-corrected chi connectivity index (χ0v) is 17.2. The second kappa shape index (κ2) is 8.69. The van der Waals surface area contributed by atoms with E-state index >= 15 is 0 Å². The number of thiazole rings is 1. The molecule has 2 atom stereocenters. The first-order valence-corrected chi connectivity index (χ1v) is 10.4. The highest BCUT2D eigenvalue weighted by Crippen LogP contribution is 2.32. The lowest BCUT2D eigenvalue weighted by atomic mass is 9.82. The van der Waals surface area contributed by atoms with Crippen molar-refractivity contribution >= 4 is 28.3 Å². The number of allylic oxidation sites excluding steroid dienone is 2. The number of rotatable bonds is 6. The van der Waals surface area contributed by atoms with Crippen LogP contribution in [0.2, 0.25) is 0 Å². The molecule has 0 saturated heterocycles. The Hall–Kier alpha value is -2.47. The van der Waals surface area contributed by atoms with Crippen molar-refractivity contribution in [1.82, 2.24) is 4.98 Å². The number of aliphatic carboxylic acids is 1. The van der Waals surface area contributed by atoms with E-state index in [2.05, 4.69) is 48.4 Å². The molecule has 0 spiro atoms. The van der Waals surface area contributed by atoms with Gasteiger partial charge in [-0.25, -0.2) is 4.98 Å². The fraction of sp³-hybridized carbons (Fsp3) is 0.409. The summed E-state index contributed by atoms with van der Waals surface area (Å²) in [6.07, 6.45) is 5.40. The molecule has 0 radical (unpaired) electrons. The van der Waals surface area contributed by atoms with Crippen LogP contribution >= 0.6 is 11.3 Å². The fourth-order valence-electron chi connectivity index (χ4n) is 3.55. The van der Waals surface area contributed by atoms with Crippen LogP contribution in [0.4, 0.5) is 5.13 Å². The summed E-state index contributed by atoms with van der Waals surface area (Å²) < 4.78 is 0. The van der Waals surface area contributed by atoms with Crippen LogP contribution in [0.25, 0.3) is 11.3 Å². The maximum Gasteiger partial charge on any atom is 0.230 e. The molecule has 2 aromatic rings. The van der Waals surface area contributed by atoms with E-state index in [0.717, 1.165) is 22.6 Å². The average Bonchev–Trinajstić information content (AvgIpc) is 3.02. The molecule has 0 aliphatic heterocycles. The van der Waals surface area contributed by atoms with Crippen LogP contribution in [-0.2, 0) is 16.0 Å². The number of carboxylic acid groups (broad SMARTS) is 1. The summed E-state index contributed by atoms with van der Waals surface area (Å²) in [4.78, 5) is 29.5. The Morgan fingerprint density at radius 2 is 1.82 bits per heavy atom. The highest BCUT2D eigenvalue weighted by Gasteiger charge is 2.30. The van der Waals surface area contributed by atoms with Gasteiger partial charge < -0.3 is 15.2 Å². The zero-order valence-electron chi connectivity index (χ0n) is 16.4. The number of nitrogens with one attached hydrogen (secondary N) is 1. The topological polar surface area (TPSA) is 82.1 Å². The number of hydrogen-bond acceptors (Lipinski definition) is 5. The molecule has 3 rings (SSSR count). The van der Waals surface area contributed by atoms with Crippen molar-refractivity contribution in [1.29, 1.82) is 0 Å². The maximum atomic E-state index is 12.6. The molecular weight excluding hydrogens is 372 g/mol. The molecule has 1 aliphatic carbocycles. The molecule has 0 unspecified atom stereocenters. The standard InChI is InChI=1S/C22H26N2O3S/c1-13(2)12-15-8-10-16(11-9-15)19-14(3)28-22(23-19)24-20(25)17-6-4-5-7-18(17)21(26)27/h4-5,8-11,13,17-18H,6-7,12H2,1-3H3,(H,26,27)(H,23,24,25)/p-1/t17-,18-/m0/s1. The Bertz CT molecular complexity index is 884. The van der Waals surface area contributed by atoms with E-state index in [4.69, 9.17) is 0 Å². The highest BCUT2D eigenvalue weighted by atomic mass is 32.1. The number of nitrogens with zero attached hydrogens (tertiary/aromatic N) is 1. The van der Waals surface area contributed by atoms with Gasteiger partial charge in [0.1, 0.15) is 0 Å². The van der Waals surface area contributed by atoms with E-state index in [1.165, 1.54) is 16.9 Å². The van der Waals surface area contributed by atoms with Crippen LogP contribution in [0.5, 0.6) is 0 Å². The molecule has 0 fully saturated rings. The Morgan fingerprint density at radius 3 is 2.43 bits per heavy atom. The van der Waals surface area contributed by atoms with Crippen molar-refractivity contribution < 1.29 is 14.7 Å². The average molecular weight is 398 g/mol. The molecule has 148 valence electrons. The lowest BCUT2D eigenvalue weighted by molar-refractivity contribution is -0.313. The Labute approximate surface area is 169 Å². The maximum absolute atomic E-state index is 12.6. The number of hydrogen-bond donors (Lipinski definition) is 1. The molecular formula is C22H25N2O3S-. The van der Waals surface area contributed by atoms with Gasteiger partial charge >= 0.3 is 0 Å². The van der Waals surface area contributed by atoms with E-state index in [9.17, 15) is 14.7 Å². The Balaban J connectivity index is 1.74. The first-order valence-electron chi connectivity index (χ1n) is 9.58. The summed E-state index contributed by atoms with van der Waals surface area (Å²) in [5.74, 6) is -2.31. The third kappa shape index (κ3) is 4.68. The summed E-state index contributed by atoms with van der Waals surface area (Å²) in [7, 11) is 0. The van der Waals surface area contributed by atoms with Crippen LogP contribution in [0, 0.1) is 24.7 Å². The van der Waals surface area contributed by atoms with Gasteiger partial charge in [-0.3, -0.25) is 4.79 Å². The van der Waals surface area contributed by atoms with Crippen molar-refractivity contribution in [3.63, 3.8) is 0 Å². The lowest BCUT2D eigenvalue weighted by Crippen LogP contribution is -2.41. The van der Waals surface area contributed by atoms with Gasteiger partial charge in [-0.15, -0.1) is 11.3 Å². The number of amides is 1. The minimum absolute atomic E-state index is 0.314. The number of aryl methyl sites for hydroxylation is 1. The third-order valence-electron chi connectivity index (χ3n) is 4.97. The quantitative estimate of drug-likeness (QED) is 0.755. The second-order valence-corrected chi connectivity index (χ2v) is 8.89. The van der Waals surface area contributed by atoms with Crippen LogP contribution in [0.1, 0.15) is 37.1 Å². The number of benzene rings is 1. The summed E-state index contributed by atoms with van der Waals surface area (Å²) in [6, 6.07) is 8.35. The predicted molar refractivity (Wildman–Crippen MR) is 110 cm³/mol. The number of anilines is 1. The Morgan fingerprint density at radius 1 is 1.18 bits per heavy atom. The smallest absolute Gasteiger partial charge is 0.230 e. The monoisotopic (exact) mass is 397 g/mol. The molecule has 0 saturated carbocycles. The summed E-state index contributed by atoms with van der Waals surface area (Å²) in [5.41, 5.74) is 3.14. The van der Waals surface area contributed by atoms with Gasteiger partial charge in [0.15, 0.2) is 5.13 Å². The summed E-state index contributed by atoms with van der Waals surface area (Å²) >= 11 is 1.40. The molecule has 1 amide bonds. The predicted octanol–water partition coefficient (Wildman–Crippen LogP) is 3.59. The number of carbonyl (C=O) groups excluding carboxylic acids is 2. The molecule has 1 N–H and O–H groups in total. The van der Waals surface area contributed by atoms with E-state index in [0.29, 0.717) is 23.9 Å². The van der Waals surface area contributed by atoms with Gasteiger partial charge in [0, 0.05) is 22.3 Å². The van der Waals surface area contributed by atoms with Gasteiger partial charge in [-0.2, -0.15) is 0 Å². The van der Waals surface area contributed by atoms with Crippen LogP contribution in [-0.4, -0.2) is 16.9 Å². The van der Waals surface area contributed by atoms with Crippen molar-refractivity contribution in [2.75, 3.05) is 5.32 Å². The largest absolute Gasteiger partial charge is 0.550 e. The normalized spacial score (nSPS) is 19.0. The first kappa shape index (κ1) is 20.3. The number of carbonyl (C=O) groups is 2.